The molecule has 1 N–H and O–H groups in total. The van der Waals surface area contributed by atoms with Gasteiger partial charge in [0.2, 0.25) is 0 Å². The molecule has 3 nitrogen and oxygen atoms in total. The fourth-order valence-corrected chi connectivity index (χ4v) is 1.67. The fourth-order valence-electron chi connectivity index (χ4n) is 1.67. The summed E-state index contributed by atoms with van der Waals surface area (Å²) in [6, 6.07) is 14.1. The zero-order valence-electron chi connectivity index (χ0n) is 10.1. The van der Waals surface area contributed by atoms with Crippen LogP contribution in [-0.2, 0) is 11.2 Å². The molecule has 0 bridgehead atoms. The van der Waals surface area contributed by atoms with Gasteiger partial charge in [0, 0.05) is 0 Å². The Hall–Kier alpha value is -2.29. The first-order valence-electron chi connectivity index (χ1n) is 5.69. The second kappa shape index (κ2) is 5.36. The van der Waals surface area contributed by atoms with Crippen LogP contribution >= 0.6 is 0 Å². The van der Waals surface area contributed by atoms with Crippen molar-refractivity contribution >= 4 is 5.97 Å². The molecule has 0 aromatic heterocycles. The second-order valence-corrected chi connectivity index (χ2v) is 4.09. The van der Waals surface area contributed by atoms with Crippen LogP contribution in [0.25, 0.3) is 0 Å². The molecule has 3 heteroatoms. The number of hydrogen-bond acceptors (Lipinski definition) is 3. The van der Waals surface area contributed by atoms with Gasteiger partial charge >= 0.3 is 5.97 Å². The first-order chi connectivity index (χ1) is 8.65. The van der Waals surface area contributed by atoms with Gasteiger partial charge in [0.1, 0.15) is 11.5 Å². The van der Waals surface area contributed by atoms with Gasteiger partial charge in [-0.15, -0.1) is 0 Å². The van der Waals surface area contributed by atoms with Crippen molar-refractivity contribution in [2.24, 2.45) is 0 Å². The average Bonchev–Trinajstić information content (AvgIpc) is 2.34. The minimum atomic E-state index is -0.310. The topological polar surface area (TPSA) is 46.5 Å². The zero-order chi connectivity index (χ0) is 13.0. The second-order valence-electron chi connectivity index (χ2n) is 4.09. The van der Waals surface area contributed by atoms with E-state index in [1.807, 2.05) is 30.3 Å². The van der Waals surface area contributed by atoms with Crippen molar-refractivity contribution in [2.75, 3.05) is 0 Å². The quantitative estimate of drug-likeness (QED) is 0.665. The van der Waals surface area contributed by atoms with Crippen molar-refractivity contribution in [3.63, 3.8) is 0 Å². The van der Waals surface area contributed by atoms with Gasteiger partial charge in [-0.25, -0.2) is 0 Å². The third kappa shape index (κ3) is 3.10. The Morgan fingerprint density at radius 2 is 1.89 bits per heavy atom. The lowest BCUT2D eigenvalue weighted by atomic mass is 10.1. The Morgan fingerprint density at radius 3 is 2.56 bits per heavy atom. The van der Waals surface area contributed by atoms with E-state index in [-0.39, 0.29) is 18.1 Å². The van der Waals surface area contributed by atoms with Crippen molar-refractivity contribution in [3.8, 4) is 11.5 Å². The molecule has 0 radical (unpaired) electrons. The van der Waals surface area contributed by atoms with E-state index >= 15 is 0 Å². The van der Waals surface area contributed by atoms with Gasteiger partial charge < -0.3 is 9.84 Å². The van der Waals surface area contributed by atoms with E-state index in [9.17, 15) is 9.90 Å². The Bertz CT molecular complexity index is 547. The predicted molar refractivity (Wildman–Crippen MR) is 68.6 cm³/mol. The molecule has 0 amide bonds. The molecule has 92 valence electrons. The first kappa shape index (κ1) is 12.2. The summed E-state index contributed by atoms with van der Waals surface area (Å²) in [6.45, 7) is 1.78. The van der Waals surface area contributed by atoms with Crippen LogP contribution in [0.1, 0.15) is 11.1 Å². The number of benzene rings is 2. The highest BCUT2D eigenvalue weighted by Crippen LogP contribution is 2.22. The molecule has 0 spiro atoms. The summed E-state index contributed by atoms with van der Waals surface area (Å²) in [5.41, 5.74) is 1.65. The van der Waals surface area contributed by atoms with Crippen LogP contribution in [0.5, 0.6) is 11.5 Å². The molecule has 0 aliphatic rings. The van der Waals surface area contributed by atoms with Crippen LogP contribution in [0.15, 0.2) is 48.5 Å². The molecular formula is C15H14O3. The van der Waals surface area contributed by atoms with Crippen LogP contribution in [0.2, 0.25) is 0 Å². The first-order valence-corrected chi connectivity index (χ1v) is 5.69. The lowest BCUT2D eigenvalue weighted by molar-refractivity contribution is -0.133. The van der Waals surface area contributed by atoms with Gasteiger partial charge in [0.05, 0.1) is 6.42 Å². The number of aromatic hydroxyl groups is 1. The molecule has 0 atom stereocenters. The summed E-state index contributed by atoms with van der Waals surface area (Å²) >= 11 is 0. The number of hydrogen-bond donors (Lipinski definition) is 1. The van der Waals surface area contributed by atoms with Gasteiger partial charge in [0.25, 0.3) is 0 Å². The summed E-state index contributed by atoms with van der Waals surface area (Å²) in [4.78, 5) is 11.7. The van der Waals surface area contributed by atoms with Crippen LogP contribution < -0.4 is 4.74 Å². The number of aryl methyl sites for hydroxylation is 1. The van der Waals surface area contributed by atoms with E-state index in [2.05, 4.69) is 0 Å². The van der Waals surface area contributed by atoms with E-state index in [4.69, 9.17) is 4.74 Å². The van der Waals surface area contributed by atoms with Crippen LogP contribution in [-0.4, -0.2) is 11.1 Å². The maximum absolute atomic E-state index is 11.7. The highest BCUT2D eigenvalue weighted by atomic mass is 16.5. The molecule has 2 aromatic rings. The molecule has 0 fully saturated rings. The molecule has 18 heavy (non-hydrogen) atoms. The number of rotatable bonds is 3. The Balaban J connectivity index is 2.03. The molecule has 0 unspecified atom stereocenters. The van der Waals surface area contributed by atoms with Gasteiger partial charge in [-0.2, -0.15) is 0 Å². The Morgan fingerprint density at radius 1 is 1.17 bits per heavy atom. The summed E-state index contributed by atoms with van der Waals surface area (Å²) in [7, 11) is 0. The highest BCUT2D eigenvalue weighted by molar-refractivity contribution is 5.75. The van der Waals surface area contributed by atoms with E-state index in [0.717, 1.165) is 11.1 Å². The molecule has 2 aromatic carbocycles. The van der Waals surface area contributed by atoms with Gasteiger partial charge in [-0.1, -0.05) is 30.3 Å². The molecule has 0 heterocycles. The van der Waals surface area contributed by atoms with E-state index < -0.39 is 0 Å². The highest BCUT2D eigenvalue weighted by Gasteiger charge is 2.08. The lowest BCUT2D eigenvalue weighted by Gasteiger charge is -2.07. The smallest absolute Gasteiger partial charge is 0.315 e. The molecule has 2 rings (SSSR count). The summed E-state index contributed by atoms with van der Waals surface area (Å²) in [5, 5.41) is 9.27. The van der Waals surface area contributed by atoms with Crippen molar-refractivity contribution < 1.29 is 14.6 Å². The molecular weight excluding hydrogens is 228 g/mol. The summed E-state index contributed by atoms with van der Waals surface area (Å²) < 4.78 is 5.25. The van der Waals surface area contributed by atoms with Crippen molar-refractivity contribution in [1.82, 2.24) is 0 Å². The number of phenols is 1. The monoisotopic (exact) mass is 242 g/mol. The number of carbonyl (C=O) groups excluding carboxylic acids is 1. The maximum atomic E-state index is 11.7. The van der Waals surface area contributed by atoms with Gasteiger partial charge in [0.15, 0.2) is 0 Å². The normalized spacial score (nSPS) is 10.1. The third-order valence-corrected chi connectivity index (χ3v) is 2.57. The number of phenolic OH excluding ortho intramolecular Hbond substituents is 1. The average molecular weight is 242 g/mol. The number of carbonyl (C=O) groups is 1. The van der Waals surface area contributed by atoms with Crippen molar-refractivity contribution in [2.45, 2.75) is 13.3 Å². The third-order valence-electron chi connectivity index (χ3n) is 2.57. The van der Waals surface area contributed by atoms with E-state index in [1.165, 1.54) is 6.07 Å². The molecule has 0 aliphatic carbocycles. The molecule has 0 saturated heterocycles. The Kier molecular flexibility index (Phi) is 3.63. The summed E-state index contributed by atoms with van der Waals surface area (Å²) in [5.74, 6) is 0.332. The van der Waals surface area contributed by atoms with Crippen LogP contribution in [0, 0.1) is 6.92 Å². The zero-order valence-corrected chi connectivity index (χ0v) is 10.1. The predicted octanol–water partition coefficient (Wildman–Crippen LogP) is 2.85. The van der Waals surface area contributed by atoms with Crippen LogP contribution in [0.3, 0.4) is 0 Å². The summed E-state index contributed by atoms with van der Waals surface area (Å²) in [6.07, 6.45) is 0.237. The standard InChI is InChI=1S/C15H14O3/c1-11-9-13(16)7-8-14(11)18-15(17)10-12-5-3-2-4-6-12/h2-9,16H,10H2,1H3. The van der Waals surface area contributed by atoms with E-state index in [1.54, 1.807) is 19.1 Å². The Labute approximate surface area is 106 Å². The minimum absolute atomic E-state index is 0.162. The molecule has 0 aliphatic heterocycles. The lowest BCUT2D eigenvalue weighted by Crippen LogP contribution is -2.11. The number of ether oxygens (including phenoxy) is 1. The van der Waals surface area contributed by atoms with Gasteiger partial charge in [-0.05, 0) is 36.2 Å². The molecule has 0 saturated carbocycles. The van der Waals surface area contributed by atoms with Gasteiger partial charge in [-0.3, -0.25) is 4.79 Å². The van der Waals surface area contributed by atoms with Crippen molar-refractivity contribution in [1.29, 1.82) is 0 Å². The van der Waals surface area contributed by atoms with E-state index in [0.29, 0.717) is 5.75 Å². The number of esters is 1. The van der Waals surface area contributed by atoms with Crippen molar-refractivity contribution in [3.05, 3.63) is 59.7 Å². The van der Waals surface area contributed by atoms with Crippen LogP contribution in [0.4, 0.5) is 0 Å². The SMILES string of the molecule is Cc1cc(O)ccc1OC(=O)Cc1ccccc1. The largest absolute Gasteiger partial charge is 0.508 e. The maximum Gasteiger partial charge on any atom is 0.315 e. The minimum Gasteiger partial charge on any atom is -0.508 e. The fraction of sp³-hybridized carbons (Fsp3) is 0.133.